The van der Waals surface area contributed by atoms with E-state index >= 15 is 0 Å². The van der Waals surface area contributed by atoms with Gasteiger partial charge >= 0.3 is 0 Å². The highest BCUT2D eigenvalue weighted by Gasteiger charge is 2.19. The molecule has 3 aromatic carbocycles. The van der Waals surface area contributed by atoms with Crippen molar-refractivity contribution >= 4 is 46.3 Å². The van der Waals surface area contributed by atoms with Crippen LogP contribution >= 0.6 is 23.2 Å². The summed E-state index contributed by atoms with van der Waals surface area (Å²) < 4.78 is 10.6. The topological polar surface area (TPSA) is 84.3 Å². The standard InChI is InChI=1S/C25H22Cl2N4O3/c1-33-18-9-6-16(7-10-18)14-34-15-24(32)31-30-23-13-28-25(19-4-2-3-5-21(19)27)20-12-17(26)8-11-22(20)29-23/h2-12H,13-15H2,1H3,(H,29,30)(H,31,32). The molecule has 0 atom stereocenters. The highest BCUT2D eigenvalue weighted by Crippen LogP contribution is 2.30. The Bertz CT molecular complexity index is 1240. The number of nitrogens with one attached hydrogen (secondary N) is 2. The fourth-order valence-corrected chi connectivity index (χ4v) is 3.72. The van der Waals surface area contributed by atoms with Crippen LogP contribution < -0.4 is 15.6 Å². The van der Waals surface area contributed by atoms with Crippen molar-refractivity contribution in [3.8, 4) is 5.75 Å². The highest BCUT2D eigenvalue weighted by molar-refractivity contribution is 6.36. The van der Waals surface area contributed by atoms with Crippen LogP contribution in [0.15, 0.2) is 76.7 Å². The number of benzene rings is 3. The molecule has 7 nitrogen and oxygen atoms in total. The van der Waals surface area contributed by atoms with Crippen LogP contribution in [0.4, 0.5) is 5.69 Å². The lowest BCUT2D eigenvalue weighted by Crippen LogP contribution is -2.44. The Morgan fingerprint density at radius 2 is 1.82 bits per heavy atom. The number of carbonyl (C=O) groups excluding carboxylic acids is 1. The molecule has 0 saturated carbocycles. The van der Waals surface area contributed by atoms with Gasteiger partial charge in [0.2, 0.25) is 0 Å². The third-order valence-electron chi connectivity index (χ3n) is 4.99. The van der Waals surface area contributed by atoms with Crippen molar-refractivity contribution in [1.29, 1.82) is 0 Å². The van der Waals surface area contributed by atoms with Gasteiger partial charge < -0.3 is 9.47 Å². The van der Waals surface area contributed by atoms with Crippen LogP contribution in [0, 0.1) is 0 Å². The van der Waals surface area contributed by atoms with Crippen molar-refractivity contribution in [2.75, 3.05) is 20.3 Å². The Morgan fingerprint density at radius 1 is 1.03 bits per heavy atom. The van der Waals surface area contributed by atoms with Crippen molar-refractivity contribution < 1.29 is 14.3 Å². The van der Waals surface area contributed by atoms with Crippen molar-refractivity contribution in [2.24, 2.45) is 9.98 Å². The Balaban J connectivity index is 1.40. The normalized spacial score (nSPS) is 12.7. The van der Waals surface area contributed by atoms with Gasteiger partial charge in [0.25, 0.3) is 5.91 Å². The molecule has 0 aliphatic carbocycles. The zero-order valence-corrected chi connectivity index (χ0v) is 19.9. The van der Waals surface area contributed by atoms with Crippen molar-refractivity contribution in [3.63, 3.8) is 0 Å². The van der Waals surface area contributed by atoms with E-state index in [0.717, 1.165) is 22.4 Å². The number of aliphatic imine (C=N–C) groups is 2. The average Bonchev–Trinajstić information content (AvgIpc) is 3.02. The van der Waals surface area contributed by atoms with E-state index in [1.807, 2.05) is 42.5 Å². The molecule has 34 heavy (non-hydrogen) atoms. The largest absolute Gasteiger partial charge is 0.497 e. The van der Waals surface area contributed by atoms with Gasteiger partial charge in [0, 0.05) is 21.2 Å². The number of hydrazine groups is 1. The van der Waals surface area contributed by atoms with Crippen LogP contribution in [0.25, 0.3) is 0 Å². The fourth-order valence-electron chi connectivity index (χ4n) is 3.33. The molecule has 0 spiro atoms. The molecule has 9 heteroatoms. The van der Waals surface area contributed by atoms with E-state index in [9.17, 15) is 4.79 Å². The number of fused-ring (bicyclic) bond motifs is 1. The zero-order valence-electron chi connectivity index (χ0n) is 18.3. The van der Waals surface area contributed by atoms with Crippen molar-refractivity contribution in [1.82, 2.24) is 10.9 Å². The summed E-state index contributed by atoms with van der Waals surface area (Å²) in [4.78, 5) is 21.6. The highest BCUT2D eigenvalue weighted by atomic mass is 35.5. The van der Waals surface area contributed by atoms with E-state index < -0.39 is 0 Å². The van der Waals surface area contributed by atoms with Crippen LogP contribution in [0.1, 0.15) is 16.7 Å². The van der Waals surface area contributed by atoms with Gasteiger partial charge in [-0.2, -0.15) is 0 Å². The summed E-state index contributed by atoms with van der Waals surface area (Å²) in [5, 5.41) is 1.14. The van der Waals surface area contributed by atoms with Gasteiger partial charge in [-0.1, -0.05) is 53.5 Å². The molecular weight excluding hydrogens is 475 g/mol. The van der Waals surface area contributed by atoms with Gasteiger partial charge in [-0.25, -0.2) is 4.99 Å². The first-order chi connectivity index (χ1) is 16.5. The lowest BCUT2D eigenvalue weighted by molar-refractivity contribution is -0.126. The number of nitrogens with zero attached hydrogens (tertiary/aromatic N) is 2. The van der Waals surface area contributed by atoms with Gasteiger partial charge in [-0.3, -0.25) is 20.6 Å². The molecule has 4 rings (SSSR count). The Hall–Kier alpha value is -3.39. The number of carbonyl (C=O) groups is 1. The summed E-state index contributed by atoms with van der Waals surface area (Å²) in [6, 6.07) is 20.3. The maximum Gasteiger partial charge on any atom is 0.264 e. The van der Waals surface area contributed by atoms with E-state index in [-0.39, 0.29) is 19.1 Å². The minimum absolute atomic E-state index is 0.118. The number of hydrogen-bond donors (Lipinski definition) is 2. The lowest BCUT2D eigenvalue weighted by atomic mass is 10.0. The maximum absolute atomic E-state index is 12.2. The molecule has 0 bridgehead atoms. The number of halogens is 2. The molecule has 0 saturated heterocycles. The lowest BCUT2D eigenvalue weighted by Gasteiger charge is -2.10. The summed E-state index contributed by atoms with van der Waals surface area (Å²) in [5.41, 5.74) is 9.26. The molecular formula is C25H22Cl2N4O3. The minimum atomic E-state index is -0.341. The number of methoxy groups -OCH3 is 1. The third kappa shape index (κ3) is 5.94. The predicted molar refractivity (Wildman–Crippen MR) is 134 cm³/mol. The molecule has 0 unspecified atom stereocenters. The average molecular weight is 497 g/mol. The van der Waals surface area contributed by atoms with Gasteiger partial charge in [0.1, 0.15) is 18.2 Å². The first-order valence-corrected chi connectivity index (χ1v) is 11.2. The van der Waals surface area contributed by atoms with E-state index in [1.165, 1.54) is 0 Å². The third-order valence-corrected chi connectivity index (χ3v) is 5.56. The molecule has 0 fully saturated rings. The molecule has 0 aromatic heterocycles. The molecule has 1 aliphatic rings. The van der Waals surface area contributed by atoms with Crippen LogP contribution in [-0.4, -0.2) is 37.7 Å². The van der Waals surface area contributed by atoms with Crippen LogP contribution in [0.3, 0.4) is 0 Å². The molecule has 1 amide bonds. The van der Waals surface area contributed by atoms with E-state index in [4.69, 9.17) is 37.7 Å². The van der Waals surface area contributed by atoms with E-state index in [2.05, 4.69) is 15.8 Å². The summed E-state index contributed by atoms with van der Waals surface area (Å²) in [5.74, 6) is 0.889. The monoisotopic (exact) mass is 496 g/mol. The van der Waals surface area contributed by atoms with Gasteiger partial charge in [0.15, 0.2) is 0 Å². The molecule has 174 valence electrons. The second kappa shape index (κ2) is 11.2. The quantitative estimate of drug-likeness (QED) is 0.483. The Labute approximate surface area is 207 Å². The minimum Gasteiger partial charge on any atom is -0.497 e. The molecule has 2 N–H and O–H groups in total. The zero-order chi connectivity index (χ0) is 23.9. The Morgan fingerprint density at radius 3 is 2.59 bits per heavy atom. The number of ether oxygens (including phenoxy) is 2. The van der Waals surface area contributed by atoms with Gasteiger partial charge in [-0.15, -0.1) is 0 Å². The van der Waals surface area contributed by atoms with Gasteiger partial charge in [0.05, 0.1) is 31.7 Å². The smallest absolute Gasteiger partial charge is 0.264 e. The summed E-state index contributed by atoms with van der Waals surface area (Å²) in [6.45, 7) is 0.393. The number of hydrogen-bond acceptors (Lipinski definition) is 6. The summed E-state index contributed by atoms with van der Waals surface area (Å²) in [7, 11) is 1.61. The van der Waals surface area contributed by atoms with Gasteiger partial charge in [-0.05, 0) is 42.0 Å². The van der Waals surface area contributed by atoms with E-state index in [0.29, 0.717) is 33.9 Å². The maximum atomic E-state index is 12.2. The van der Waals surface area contributed by atoms with Crippen molar-refractivity contribution in [2.45, 2.75) is 6.61 Å². The summed E-state index contributed by atoms with van der Waals surface area (Å²) >= 11 is 12.7. The van der Waals surface area contributed by atoms with E-state index in [1.54, 1.807) is 31.4 Å². The fraction of sp³-hybridized carbons (Fsp3) is 0.160. The SMILES string of the molecule is COc1ccc(COCC(=O)NNC2=Nc3ccc(Cl)cc3C(c3ccccc3Cl)=NC2)cc1. The predicted octanol–water partition coefficient (Wildman–Crippen LogP) is 4.72. The second-order valence-electron chi connectivity index (χ2n) is 7.38. The first kappa shape index (κ1) is 23.8. The van der Waals surface area contributed by atoms with Crippen LogP contribution in [0.5, 0.6) is 5.75 Å². The first-order valence-electron chi connectivity index (χ1n) is 10.5. The Kier molecular flexibility index (Phi) is 7.80. The van der Waals surface area contributed by atoms with Crippen molar-refractivity contribution in [3.05, 3.63) is 93.5 Å². The second-order valence-corrected chi connectivity index (χ2v) is 8.22. The van der Waals surface area contributed by atoms with Crippen LogP contribution in [0.2, 0.25) is 10.0 Å². The number of amides is 1. The molecule has 0 radical (unpaired) electrons. The summed E-state index contributed by atoms with van der Waals surface area (Å²) in [6.07, 6.45) is 0. The molecule has 1 heterocycles. The number of amidine groups is 1. The van der Waals surface area contributed by atoms with Crippen LogP contribution in [-0.2, 0) is 16.1 Å². The number of rotatable bonds is 6. The molecule has 1 aliphatic heterocycles. The molecule has 3 aromatic rings.